The van der Waals surface area contributed by atoms with Gasteiger partial charge in [-0.25, -0.2) is 14.3 Å². The molecule has 5 rings (SSSR count). The van der Waals surface area contributed by atoms with Gasteiger partial charge in [0.1, 0.15) is 17.4 Å². The number of fused-ring (bicyclic) bond motifs is 1. The van der Waals surface area contributed by atoms with Gasteiger partial charge in [0.25, 0.3) is 0 Å². The predicted octanol–water partition coefficient (Wildman–Crippen LogP) is 8.14. The Kier molecular flexibility index (Phi) is 14.1. The molecule has 240 valence electrons. The number of hydrogen-bond donors (Lipinski definition) is 1. The number of anilines is 1. The lowest BCUT2D eigenvalue weighted by Gasteiger charge is -2.34. The van der Waals surface area contributed by atoms with Gasteiger partial charge in [-0.2, -0.15) is 10.2 Å². The number of amides is 1. The van der Waals surface area contributed by atoms with Crippen molar-refractivity contribution in [2.75, 3.05) is 18.8 Å². The molecule has 1 aromatic carbocycles. The van der Waals surface area contributed by atoms with Crippen molar-refractivity contribution in [2.24, 2.45) is 0 Å². The Hall–Kier alpha value is -4.14. The highest BCUT2D eigenvalue weighted by Gasteiger charge is 2.29. The molecule has 44 heavy (non-hydrogen) atoms. The van der Waals surface area contributed by atoms with E-state index in [1.807, 2.05) is 75.9 Å². The number of aromatic nitrogens is 5. The van der Waals surface area contributed by atoms with Gasteiger partial charge >= 0.3 is 6.09 Å². The van der Waals surface area contributed by atoms with Crippen LogP contribution in [0.25, 0.3) is 11.6 Å². The van der Waals surface area contributed by atoms with E-state index in [-0.39, 0.29) is 12.0 Å². The van der Waals surface area contributed by atoms with Crippen LogP contribution in [0, 0.1) is 6.92 Å². The molecule has 0 bridgehead atoms. The van der Waals surface area contributed by atoms with E-state index in [9.17, 15) is 4.79 Å². The van der Waals surface area contributed by atoms with Crippen LogP contribution in [0.5, 0.6) is 0 Å². The van der Waals surface area contributed by atoms with Crippen molar-refractivity contribution in [3.8, 4) is 0 Å². The Bertz CT molecular complexity index is 1460. The molecule has 1 atom stereocenters. The number of nitrogen functional groups attached to an aromatic ring is 1. The van der Waals surface area contributed by atoms with Crippen molar-refractivity contribution in [1.82, 2.24) is 29.3 Å². The molecule has 2 N–H and O–H groups in total. The summed E-state index contributed by atoms with van der Waals surface area (Å²) in [5.74, 6) is 0.680. The van der Waals surface area contributed by atoms with E-state index in [4.69, 9.17) is 10.5 Å². The maximum Gasteiger partial charge on any atom is 0.410 e. The van der Waals surface area contributed by atoms with Crippen molar-refractivity contribution in [2.45, 2.75) is 100 Å². The quantitative estimate of drug-likeness (QED) is 0.252. The second-order valence-corrected chi connectivity index (χ2v) is 11.6. The van der Waals surface area contributed by atoms with Crippen LogP contribution in [0.2, 0.25) is 0 Å². The SMILES string of the molecule is CC.CC.CC(C)(C)OC(=O)N1CCCC(c2ccc3c(N)ncnn23)C1.CC(C)=Cc1nn(Cc2ccccc2)cc1C. The van der Waals surface area contributed by atoms with Gasteiger partial charge in [-0.15, -0.1) is 0 Å². The number of piperidine rings is 1. The minimum Gasteiger partial charge on any atom is -0.444 e. The van der Waals surface area contributed by atoms with Crippen molar-refractivity contribution >= 4 is 23.5 Å². The van der Waals surface area contributed by atoms with Crippen LogP contribution in [-0.4, -0.2) is 54.1 Å². The van der Waals surface area contributed by atoms with Gasteiger partial charge < -0.3 is 15.4 Å². The van der Waals surface area contributed by atoms with Crippen LogP contribution < -0.4 is 5.73 Å². The molecule has 9 nitrogen and oxygen atoms in total. The number of nitrogens with zero attached hydrogens (tertiary/aromatic N) is 6. The number of ether oxygens (including phenoxy) is 1. The van der Waals surface area contributed by atoms with E-state index < -0.39 is 5.60 Å². The summed E-state index contributed by atoms with van der Waals surface area (Å²) in [6, 6.07) is 14.3. The maximum absolute atomic E-state index is 12.3. The zero-order valence-corrected chi connectivity index (χ0v) is 28.5. The van der Waals surface area contributed by atoms with Crippen molar-refractivity contribution in [3.05, 3.63) is 83.1 Å². The average molecular weight is 604 g/mol. The van der Waals surface area contributed by atoms with E-state index in [1.54, 1.807) is 4.90 Å². The molecular weight excluding hydrogens is 550 g/mol. The molecule has 0 radical (unpaired) electrons. The number of aryl methyl sites for hydroxylation is 1. The summed E-state index contributed by atoms with van der Waals surface area (Å²) in [5, 5.41) is 8.88. The molecule has 1 unspecified atom stereocenters. The molecule has 1 fully saturated rings. The number of allylic oxidation sites excluding steroid dienone is 1. The molecule has 0 aliphatic carbocycles. The van der Waals surface area contributed by atoms with Crippen molar-refractivity contribution < 1.29 is 9.53 Å². The first-order chi connectivity index (χ1) is 21.0. The molecule has 0 saturated carbocycles. The third kappa shape index (κ3) is 10.5. The van der Waals surface area contributed by atoms with Gasteiger partial charge in [0.05, 0.1) is 12.2 Å². The molecular formula is C35H53N7O2. The van der Waals surface area contributed by atoms with Gasteiger partial charge in [0, 0.05) is 30.9 Å². The van der Waals surface area contributed by atoms with E-state index in [2.05, 4.69) is 72.5 Å². The summed E-state index contributed by atoms with van der Waals surface area (Å²) in [7, 11) is 0. The van der Waals surface area contributed by atoms with Gasteiger partial charge in [-0.3, -0.25) is 4.68 Å². The smallest absolute Gasteiger partial charge is 0.410 e. The third-order valence-electron chi connectivity index (χ3n) is 6.60. The first-order valence-electron chi connectivity index (χ1n) is 15.8. The number of nitrogens with two attached hydrogens (primary N) is 1. The highest BCUT2D eigenvalue weighted by molar-refractivity contribution is 5.69. The number of hydrogen-bond acceptors (Lipinski definition) is 6. The molecule has 9 heteroatoms. The second-order valence-electron chi connectivity index (χ2n) is 11.6. The Labute approximate surface area is 264 Å². The molecule has 1 amide bonds. The fourth-order valence-electron chi connectivity index (χ4n) is 4.80. The molecule has 1 saturated heterocycles. The number of likely N-dealkylation sites (tertiary alicyclic amines) is 1. The van der Waals surface area contributed by atoms with E-state index in [0.717, 1.165) is 42.8 Å². The van der Waals surface area contributed by atoms with E-state index in [0.29, 0.717) is 12.4 Å². The fourth-order valence-corrected chi connectivity index (χ4v) is 4.80. The molecule has 1 aliphatic heterocycles. The van der Waals surface area contributed by atoms with Gasteiger partial charge in [0.2, 0.25) is 0 Å². The lowest BCUT2D eigenvalue weighted by atomic mass is 9.95. The van der Waals surface area contributed by atoms with E-state index >= 15 is 0 Å². The number of carbonyl (C=O) groups is 1. The number of rotatable bonds is 4. The highest BCUT2D eigenvalue weighted by atomic mass is 16.6. The van der Waals surface area contributed by atoms with E-state index in [1.165, 1.54) is 23.0 Å². The Morgan fingerprint density at radius 2 is 1.75 bits per heavy atom. The number of benzene rings is 1. The molecule has 1 aliphatic rings. The van der Waals surface area contributed by atoms with Crippen LogP contribution in [-0.2, 0) is 11.3 Å². The first kappa shape index (κ1) is 36.1. The Balaban J connectivity index is 0.000000286. The summed E-state index contributed by atoms with van der Waals surface area (Å²) in [4.78, 5) is 18.1. The predicted molar refractivity (Wildman–Crippen MR) is 182 cm³/mol. The fraction of sp³-hybridized carbons (Fsp3) is 0.486. The normalized spacial score (nSPS) is 14.2. The van der Waals surface area contributed by atoms with Crippen LogP contribution in [0.3, 0.4) is 0 Å². The van der Waals surface area contributed by atoms with Gasteiger partial charge in [-0.1, -0.05) is 63.6 Å². The summed E-state index contributed by atoms with van der Waals surface area (Å²) < 4.78 is 9.31. The maximum atomic E-state index is 12.3. The third-order valence-corrected chi connectivity index (χ3v) is 6.60. The van der Waals surface area contributed by atoms with Crippen molar-refractivity contribution in [3.63, 3.8) is 0 Å². The Morgan fingerprint density at radius 3 is 2.39 bits per heavy atom. The summed E-state index contributed by atoms with van der Waals surface area (Å²) >= 11 is 0. The summed E-state index contributed by atoms with van der Waals surface area (Å²) in [6.07, 6.45) is 7.38. The standard InChI is InChI=1S/C16H23N5O2.C15H18N2.2C2H6/c1-16(2,3)23-15(22)20-8-4-5-11(9-20)12-6-7-13-14(17)18-10-19-21(12)13;1-12(2)9-15-13(3)10-17(16-15)11-14-7-5-4-6-8-14;2*1-2/h6-7,10-11H,4-5,8-9H2,1-3H3,(H2,17,18,19);4-10H,11H2,1-3H3;2*1-2H3. The lowest BCUT2D eigenvalue weighted by Crippen LogP contribution is -2.42. The van der Waals surface area contributed by atoms with Gasteiger partial charge in [-0.05, 0) is 83.7 Å². The summed E-state index contributed by atoms with van der Waals surface area (Å²) in [5.41, 5.74) is 12.1. The van der Waals surface area contributed by atoms with Crippen LogP contribution in [0.15, 0.2) is 60.6 Å². The molecule has 4 aromatic rings. The Morgan fingerprint density at radius 1 is 1.07 bits per heavy atom. The average Bonchev–Trinajstić information content (AvgIpc) is 3.58. The van der Waals surface area contributed by atoms with Gasteiger partial charge in [0.15, 0.2) is 5.82 Å². The van der Waals surface area contributed by atoms with Crippen LogP contribution in [0.1, 0.15) is 104 Å². The van der Waals surface area contributed by atoms with Crippen LogP contribution >= 0.6 is 0 Å². The minimum absolute atomic E-state index is 0.216. The second kappa shape index (κ2) is 17.2. The summed E-state index contributed by atoms with van der Waals surface area (Å²) in [6.45, 7) is 22.1. The topological polar surface area (TPSA) is 104 Å². The van der Waals surface area contributed by atoms with Crippen LogP contribution in [0.4, 0.5) is 10.6 Å². The molecule has 0 spiro atoms. The first-order valence-corrected chi connectivity index (χ1v) is 15.8. The van der Waals surface area contributed by atoms with Crippen molar-refractivity contribution in [1.29, 1.82) is 0 Å². The number of carbonyl (C=O) groups excluding carboxylic acids is 1. The molecule has 3 aromatic heterocycles. The largest absolute Gasteiger partial charge is 0.444 e. The zero-order valence-electron chi connectivity index (χ0n) is 28.5. The monoisotopic (exact) mass is 603 g/mol. The lowest BCUT2D eigenvalue weighted by molar-refractivity contribution is 0.0196. The minimum atomic E-state index is -0.479. The molecule has 4 heterocycles. The highest BCUT2D eigenvalue weighted by Crippen LogP contribution is 2.29. The zero-order chi connectivity index (χ0) is 32.9.